The van der Waals surface area contributed by atoms with Gasteiger partial charge in [0.25, 0.3) is 0 Å². The second kappa shape index (κ2) is 13.5. The summed E-state index contributed by atoms with van der Waals surface area (Å²) in [6.45, 7) is 0.506. The number of hydrogen-bond acceptors (Lipinski definition) is 9. The molecule has 0 aliphatic heterocycles. The van der Waals surface area contributed by atoms with Crippen molar-refractivity contribution in [1.29, 1.82) is 0 Å². The summed E-state index contributed by atoms with van der Waals surface area (Å²) in [4.78, 5) is 36.9. The quantitative estimate of drug-likeness (QED) is 0.182. The van der Waals surface area contributed by atoms with Gasteiger partial charge in [-0.3, -0.25) is 14.4 Å². The van der Waals surface area contributed by atoms with Crippen molar-refractivity contribution in [3.05, 3.63) is 0 Å². The number of rotatable bonds is 12. The van der Waals surface area contributed by atoms with Crippen molar-refractivity contribution in [2.24, 2.45) is 17.2 Å². The van der Waals surface area contributed by atoms with Crippen LogP contribution in [0.25, 0.3) is 0 Å². The molecule has 0 saturated heterocycles. The third-order valence-electron chi connectivity index (χ3n) is 5.04. The van der Waals surface area contributed by atoms with Crippen LogP contribution in [0.4, 0.5) is 0 Å². The van der Waals surface area contributed by atoms with E-state index in [9.17, 15) is 14.4 Å². The monoisotopic (exact) mass is 432 g/mol. The molecule has 12 heteroatoms. The molecule has 0 aromatic heterocycles. The van der Waals surface area contributed by atoms with Gasteiger partial charge in [-0.25, -0.2) is 0 Å². The number of carbonyl (C=O) groups excluding carboxylic acids is 3. The molecule has 174 valence electrons. The van der Waals surface area contributed by atoms with Crippen LogP contribution in [-0.2, 0) is 28.6 Å². The van der Waals surface area contributed by atoms with E-state index in [2.05, 4.69) is 16.0 Å². The average Bonchev–Trinajstić information content (AvgIpc) is 2.69. The number of nitrogens with one attached hydrogen (secondary N) is 3. The molecule has 1 fully saturated rings. The number of hydrogen-bond donors (Lipinski definition) is 6. The number of ether oxygens (including phenoxy) is 3. The molecule has 9 N–H and O–H groups in total. The maximum atomic E-state index is 12.3. The molecular formula is C18H36N6O6. The Labute approximate surface area is 176 Å². The molecule has 1 saturated carbocycles. The van der Waals surface area contributed by atoms with E-state index >= 15 is 0 Å². The normalized spacial score (nSPS) is 28.6. The van der Waals surface area contributed by atoms with Crippen molar-refractivity contribution in [3.63, 3.8) is 0 Å². The van der Waals surface area contributed by atoms with Gasteiger partial charge in [0.05, 0.1) is 18.1 Å². The molecule has 1 aliphatic rings. The van der Waals surface area contributed by atoms with E-state index in [1.54, 1.807) is 0 Å². The zero-order chi connectivity index (χ0) is 22.7. The molecule has 0 aromatic rings. The molecule has 1 aliphatic carbocycles. The molecule has 0 spiro atoms. The fraction of sp³-hybridized carbons (Fsp3) is 0.833. The third kappa shape index (κ3) is 6.86. The van der Waals surface area contributed by atoms with Crippen molar-refractivity contribution in [2.45, 2.75) is 55.7 Å². The minimum atomic E-state index is -0.703. The van der Waals surface area contributed by atoms with Gasteiger partial charge in [-0.05, 0) is 0 Å². The van der Waals surface area contributed by atoms with Crippen molar-refractivity contribution >= 4 is 17.7 Å². The topological polar surface area (TPSA) is 193 Å². The number of carbonyl (C=O) groups is 3. The summed E-state index contributed by atoms with van der Waals surface area (Å²) in [6, 6.07) is -2.09. The second-order valence-electron chi connectivity index (χ2n) is 7.00. The van der Waals surface area contributed by atoms with Crippen LogP contribution < -0.4 is 33.2 Å². The number of nitrogens with two attached hydrogens (primary N) is 3. The molecule has 3 amide bonds. The maximum Gasteiger partial charge on any atom is 0.221 e. The third-order valence-corrected chi connectivity index (χ3v) is 5.04. The Bertz CT molecular complexity index is 477. The SMILES string of the molecule is CO[C@H]1[C@@H](NC(=O)CCN)[C@@H](OC)[C@@H](NC(=O)CCN)[C@@H](OC)[C@H]1NC(=O)CCN. The lowest BCUT2D eigenvalue weighted by molar-refractivity contribution is -0.151. The summed E-state index contributed by atoms with van der Waals surface area (Å²) in [5.74, 6) is -0.912. The van der Waals surface area contributed by atoms with E-state index < -0.39 is 36.4 Å². The summed E-state index contributed by atoms with van der Waals surface area (Å²) >= 11 is 0. The lowest BCUT2D eigenvalue weighted by Gasteiger charge is -2.50. The van der Waals surface area contributed by atoms with Crippen LogP contribution in [0.2, 0.25) is 0 Å². The van der Waals surface area contributed by atoms with Crippen LogP contribution in [0.1, 0.15) is 19.3 Å². The van der Waals surface area contributed by atoms with Gasteiger partial charge >= 0.3 is 0 Å². The summed E-state index contributed by atoms with van der Waals surface area (Å²) < 4.78 is 17.0. The van der Waals surface area contributed by atoms with E-state index in [-0.39, 0.29) is 56.6 Å². The van der Waals surface area contributed by atoms with E-state index in [0.29, 0.717) is 0 Å². The Balaban J connectivity index is 3.32. The average molecular weight is 433 g/mol. The van der Waals surface area contributed by atoms with Crippen LogP contribution in [-0.4, -0.2) is 95.1 Å². The predicted molar refractivity (Wildman–Crippen MR) is 109 cm³/mol. The minimum Gasteiger partial charge on any atom is -0.377 e. The maximum absolute atomic E-state index is 12.3. The van der Waals surface area contributed by atoms with E-state index in [0.717, 1.165) is 0 Å². The van der Waals surface area contributed by atoms with Gasteiger partial charge in [-0.1, -0.05) is 0 Å². The van der Waals surface area contributed by atoms with E-state index in [4.69, 9.17) is 31.4 Å². The Kier molecular flexibility index (Phi) is 11.8. The number of methoxy groups -OCH3 is 3. The van der Waals surface area contributed by atoms with Crippen LogP contribution in [0.3, 0.4) is 0 Å². The van der Waals surface area contributed by atoms with Gasteiger partial charge in [0.15, 0.2) is 0 Å². The fourth-order valence-electron chi connectivity index (χ4n) is 3.77. The molecule has 30 heavy (non-hydrogen) atoms. The smallest absolute Gasteiger partial charge is 0.221 e. The summed E-state index contributed by atoms with van der Waals surface area (Å²) in [6.07, 6.45) is -1.80. The van der Waals surface area contributed by atoms with E-state index in [1.807, 2.05) is 0 Å². The van der Waals surface area contributed by atoms with Gasteiger partial charge in [-0.2, -0.15) is 0 Å². The highest BCUT2D eigenvalue weighted by molar-refractivity contribution is 5.78. The zero-order valence-corrected chi connectivity index (χ0v) is 17.9. The van der Waals surface area contributed by atoms with Gasteiger partial charge < -0.3 is 47.4 Å². The van der Waals surface area contributed by atoms with Crippen LogP contribution in [0, 0.1) is 0 Å². The fourth-order valence-corrected chi connectivity index (χ4v) is 3.77. The Morgan fingerprint density at radius 1 is 0.600 bits per heavy atom. The molecule has 0 atom stereocenters. The van der Waals surface area contributed by atoms with Gasteiger partial charge in [0.1, 0.15) is 18.3 Å². The highest BCUT2D eigenvalue weighted by Crippen LogP contribution is 2.28. The standard InChI is InChI=1S/C18H36N6O6/c1-28-16-13(22-10(25)4-7-19)17(29-2)15(24-12(27)6-9-21)18(30-3)14(16)23-11(26)5-8-20/h13-18H,4-9,19-21H2,1-3H3,(H,22,25)(H,23,26)(H,24,27)/t13-,14+,15-,16+,17-,18+. The molecule has 0 radical (unpaired) electrons. The zero-order valence-electron chi connectivity index (χ0n) is 17.9. The highest BCUT2D eigenvalue weighted by Gasteiger charge is 2.53. The van der Waals surface area contributed by atoms with Crippen LogP contribution >= 0.6 is 0 Å². The van der Waals surface area contributed by atoms with Crippen molar-refractivity contribution < 1.29 is 28.6 Å². The molecule has 0 unspecified atom stereocenters. The van der Waals surface area contributed by atoms with Crippen molar-refractivity contribution in [2.75, 3.05) is 41.0 Å². The van der Waals surface area contributed by atoms with Crippen LogP contribution in [0.5, 0.6) is 0 Å². The molecular weight excluding hydrogens is 396 g/mol. The van der Waals surface area contributed by atoms with Crippen molar-refractivity contribution in [1.82, 2.24) is 16.0 Å². The molecule has 0 heterocycles. The summed E-state index contributed by atoms with van der Waals surface area (Å²) in [5.41, 5.74) is 16.5. The van der Waals surface area contributed by atoms with Gasteiger partial charge in [0, 0.05) is 60.2 Å². The molecule has 0 bridgehead atoms. The molecule has 12 nitrogen and oxygen atoms in total. The van der Waals surface area contributed by atoms with Crippen molar-refractivity contribution in [3.8, 4) is 0 Å². The van der Waals surface area contributed by atoms with E-state index in [1.165, 1.54) is 21.3 Å². The first-order chi connectivity index (χ1) is 14.4. The Morgan fingerprint density at radius 2 is 0.833 bits per heavy atom. The Morgan fingerprint density at radius 3 is 1.00 bits per heavy atom. The number of amides is 3. The first kappa shape index (κ1) is 26.2. The summed E-state index contributed by atoms with van der Waals surface area (Å²) in [7, 11) is 4.38. The van der Waals surface area contributed by atoms with Gasteiger partial charge in [0.2, 0.25) is 17.7 Å². The lowest BCUT2D eigenvalue weighted by atomic mass is 9.79. The Hall–Kier alpha value is -1.83. The molecule has 1 rings (SSSR count). The largest absolute Gasteiger partial charge is 0.377 e. The van der Waals surface area contributed by atoms with Gasteiger partial charge in [-0.15, -0.1) is 0 Å². The predicted octanol–water partition coefficient (Wildman–Crippen LogP) is -3.45. The first-order valence-corrected chi connectivity index (χ1v) is 9.95. The minimum absolute atomic E-state index is 0.103. The first-order valence-electron chi connectivity index (χ1n) is 9.95. The lowest BCUT2D eigenvalue weighted by Crippen LogP contribution is -2.76. The second-order valence-corrected chi connectivity index (χ2v) is 7.00. The van der Waals surface area contributed by atoms with Crippen LogP contribution in [0.15, 0.2) is 0 Å². The summed E-state index contributed by atoms with van der Waals surface area (Å²) in [5, 5.41) is 8.58. The highest BCUT2D eigenvalue weighted by atomic mass is 16.5. The molecule has 0 aromatic carbocycles.